The van der Waals surface area contributed by atoms with E-state index in [2.05, 4.69) is 40.8 Å². The molecule has 6 heterocycles. The number of imidazole rings is 1. The van der Waals surface area contributed by atoms with Crippen molar-refractivity contribution >= 4 is 0 Å². The zero-order chi connectivity index (χ0) is 34.6. The van der Waals surface area contributed by atoms with Gasteiger partial charge >= 0.3 is 0 Å². The molecule has 4 fully saturated rings. The van der Waals surface area contributed by atoms with Gasteiger partial charge in [-0.05, 0) is 111 Å². The van der Waals surface area contributed by atoms with Gasteiger partial charge in [0.05, 0.1) is 17.7 Å². The molecule has 10 heteroatoms. The summed E-state index contributed by atoms with van der Waals surface area (Å²) < 4.78 is 39.6. The fourth-order valence-corrected chi connectivity index (χ4v) is 4.91. The molecule has 6 rings (SSSR count). The fourth-order valence-electron chi connectivity index (χ4n) is 4.91. The summed E-state index contributed by atoms with van der Waals surface area (Å²) in [6.45, 7) is 19.5. The molecular formula is C36H68F2N6O2. The number of hydrogen-bond acceptors (Lipinski definition) is 6. The van der Waals surface area contributed by atoms with Crippen LogP contribution >= 0.6 is 0 Å². The van der Waals surface area contributed by atoms with Crippen LogP contribution in [0.5, 0.6) is 0 Å². The number of piperidine rings is 2. The average Bonchev–Trinajstić information content (AvgIpc) is 3.58. The monoisotopic (exact) mass is 655 g/mol. The molecule has 0 unspecified atom stereocenters. The Morgan fingerprint density at radius 2 is 1.17 bits per heavy atom. The maximum atomic E-state index is 13.0. The number of likely N-dealkylation sites (tertiary alicyclic amines) is 2. The van der Waals surface area contributed by atoms with Crippen LogP contribution in [0.15, 0.2) is 24.8 Å². The summed E-state index contributed by atoms with van der Waals surface area (Å²) in [6.07, 6.45) is 13.5. The lowest BCUT2D eigenvalue weighted by Crippen LogP contribution is -2.37. The zero-order valence-corrected chi connectivity index (χ0v) is 31.0. The Labute approximate surface area is 280 Å². The van der Waals surface area contributed by atoms with E-state index in [1.165, 1.54) is 38.8 Å². The third kappa shape index (κ3) is 22.6. The topological polar surface area (TPSA) is 60.6 Å². The van der Waals surface area contributed by atoms with E-state index in [0.717, 1.165) is 49.5 Å². The number of alkyl halides is 2. The molecule has 2 aromatic rings. The van der Waals surface area contributed by atoms with Crippen LogP contribution in [0.2, 0.25) is 0 Å². The van der Waals surface area contributed by atoms with Gasteiger partial charge in [-0.1, -0.05) is 13.8 Å². The highest BCUT2D eigenvalue weighted by Gasteiger charge is 2.27. The molecule has 268 valence electrons. The minimum atomic E-state index is -0.946. The highest BCUT2D eigenvalue weighted by molar-refractivity contribution is 4.93. The van der Waals surface area contributed by atoms with Crippen molar-refractivity contribution in [2.75, 3.05) is 66.7 Å². The second kappa shape index (κ2) is 22.6. The summed E-state index contributed by atoms with van der Waals surface area (Å²) in [5.41, 5.74) is 0.315. The molecule has 4 aliphatic rings. The highest BCUT2D eigenvalue weighted by atomic mass is 19.1. The summed E-state index contributed by atoms with van der Waals surface area (Å²) in [5, 5.41) is 4.03. The lowest BCUT2D eigenvalue weighted by Gasteiger charge is -2.31. The van der Waals surface area contributed by atoms with Crippen LogP contribution in [-0.2, 0) is 23.6 Å². The molecule has 0 aliphatic carbocycles. The number of aryl methyl sites for hydroxylation is 4. The maximum absolute atomic E-state index is 13.0. The number of hydrogen-bond donors (Lipinski definition) is 0. The molecule has 0 atom stereocenters. The predicted octanol–water partition coefficient (Wildman–Crippen LogP) is 7.20. The van der Waals surface area contributed by atoms with Crippen LogP contribution in [0.1, 0.15) is 90.4 Å². The lowest BCUT2D eigenvalue weighted by atomic mass is 9.96. The Kier molecular flexibility index (Phi) is 20.7. The molecule has 0 bridgehead atoms. The van der Waals surface area contributed by atoms with Crippen molar-refractivity contribution in [1.82, 2.24) is 29.1 Å². The molecule has 0 amide bonds. The predicted molar refractivity (Wildman–Crippen MR) is 187 cm³/mol. The maximum Gasteiger partial charge on any atom is 0.112 e. The van der Waals surface area contributed by atoms with Crippen LogP contribution < -0.4 is 0 Å². The Morgan fingerprint density at radius 1 is 0.696 bits per heavy atom. The van der Waals surface area contributed by atoms with Gasteiger partial charge in [0.2, 0.25) is 0 Å². The van der Waals surface area contributed by atoms with Crippen molar-refractivity contribution in [3.63, 3.8) is 0 Å². The molecule has 46 heavy (non-hydrogen) atoms. The molecule has 0 N–H and O–H groups in total. The van der Waals surface area contributed by atoms with Gasteiger partial charge in [0.25, 0.3) is 0 Å². The van der Waals surface area contributed by atoms with Crippen LogP contribution in [0, 0.1) is 25.7 Å². The Balaban J connectivity index is 0.000000277. The number of rotatable bonds is 0. The van der Waals surface area contributed by atoms with Crippen molar-refractivity contribution in [2.45, 2.75) is 104 Å². The average molecular weight is 655 g/mol. The molecular weight excluding hydrogens is 586 g/mol. The first-order chi connectivity index (χ1) is 21.6. The Bertz CT molecular complexity index is 915. The molecule has 2 aromatic heterocycles. The molecule has 4 aliphatic heterocycles. The van der Waals surface area contributed by atoms with E-state index in [1.807, 2.05) is 58.0 Å². The standard InChI is InChI=1S/C7H14FN.C7H15N.C6H11FO.C6H12O.2C5H8N2/c1-7(8)3-5-9(2)6-4-7;1-7-3-5-8(2)6-4-7;1-6(7)2-4-8-5-3-6;1-6-2-4-7-5-3-6;1-5-3-7(2)4-6-5;1-5-3-4-7(2)6-5/h3-6H2,1-2H3;7H,3-6H2,1-2H3;2-5H2,1H3;6H,2-5H2,1H3;2*3-4H,1-2H3. The fraction of sp³-hybridized carbons (Fsp3) is 0.833. The van der Waals surface area contributed by atoms with Crippen LogP contribution in [0.25, 0.3) is 0 Å². The Morgan fingerprint density at radius 3 is 1.43 bits per heavy atom. The summed E-state index contributed by atoms with van der Waals surface area (Å²) in [7, 11) is 8.11. The second-order valence-electron chi connectivity index (χ2n) is 14.3. The highest BCUT2D eigenvalue weighted by Crippen LogP contribution is 2.24. The third-order valence-corrected chi connectivity index (χ3v) is 8.76. The smallest absolute Gasteiger partial charge is 0.112 e. The largest absolute Gasteiger partial charge is 0.381 e. The van der Waals surface area contributed by atoms with Gasteiger partial charge in [0.1, 0.15) is 11.3 Å². The van der Waals surface area contributed by atoms with E-state index in [4.69, 9.17) is 9.47 Å². The first-order valence-electron chi connectivity index (χ1n) is 17.4. The lowest BCUT2D eigenvalue weighted by molar-refractivity contribution is 0.00200. The molecule has 0 saturated carbocycles. The van der Waals surface area contributed by atoms with E-state index in [1.54, 1.807) is 24.9 Å². The summed E-state index contributed by atoms with van der Waals surface area (Å²) >= 11 is 0. The first-order valence-corrected chi connectivity index (χ1v) is 17.4. The van der Waals surface area contributed by atoms with E-state index in [9.17, 15) is 8.78 Å². The number of nitrogens with zero attached hydrogens (tertiary/aromatic N) is 6. The zero-order valence-electron chi connectivity index (χ0n) is 31.0. The van der Waals surface area contributed by atoms with Gasteiger partial charge in [-0.3, -0.25) is 4.68 Å². The van der Waals surface area contributed by atoms with Gasteiger partial charge < -0.3 is 23.8 Å². The van der Waals surface area contributed by atoms with Crippen LogP contribution in [0.4, 0.5) is 8.78 Å². The van der Waals surface area contributed by atoms with Crippen molar-refractivity contribution in [2.24, 2.45) is 25.9 Å². The summed E-state index contributed by atoms with van der Waals surface area (Å²) in [5.74, 6) is 1.89. The number of halogens is 2. The molecule has 0 spiro atoms. The molecule has 0 radical (unpaired) electrons. The molecule has 0 aromatic carbocycles. The number of ether oxygens (including phenoxy) is 2. The first kappa shape index (κ1) is 42.1. The van der Waals surface area contributed by atoms with Gasteiger partial charge in [-0.2, -0.15) is 5.10 Å². The van der Waals surface area contributed by atoms with E-state index >= 15 is 0 Å². The minimum Gasteiger partial charge on any atom is -0.381 e. The van der Waals surface area contributed by atoms with Gasteiger partial charge in [-0.25, -0.2) is 13.8 Å². The number of aromatic nitrogens is 4. The SMILES string of the molecule is CC1(F)CCOCC1.CC1CCN(C)CC1.CC1CCOCC1.CN1CCC(C)(F)CC1.Cc1ccn(C)n1.Cc1cn(C)cn1. The van der Waals surface area contributed by atoms with Crippen LogP contribution in [0.3, 0.4) is 0 Å². The van der Waals surface area contributed by atoms with Crippen LogP contribution in [-0.4, -0.2) is 107 Å². The van der Waals surface area contributed by atoms with Gasteiger partial charge in [0.15, 0.2) is 0 Å². The molecule has 4 saturated heterocycles. The van der Waals surface area contributed by atoms with Gasteiger partial charge in [0, 0.05) is 78.8 Å². The van der Waals surface area contributed by atoms with Gasteiger partial charge in [-0.15, -0.1) is 0 Å². The normalized spacial score (nSPS) is 21.7. The van der Waals surface area contributed by atoms with Crippen molar-refractivity contribution in [3.05, 3.63) is 36.2 Å². The minimum absolute atomic E-state index is 0.562. The van der Waals surface area contributed by atoms with Crippen molar-refractivity contribution in [3.8, 4) is 0 Å². The Hall–Kier alpha value is -1.88. The second-order valence-corrected chi connectivity index (χ2v) is 14.3. The molecule has 8 nitrogen and oxygen atoms in total. The summed E-state index contributed by atoms with van der Waals surface area (Å²) in [6, 6.07) is 1.97. The third-order valence-electron chi connectivity index (χ3n) is 8.76. The van der Waals surface area contributed by atoms with E-state index < -0.39 is 11.3 Å². The van der Waals surface area contributed by atoms with E-state index in [-0.39, 0.29) is 0 Å². The quantitative estimate of drug-likeness (QED) is 0.300. The van der Waals surface area contributed by atoms with Crippen molar-refractivity contribution < 1.29 is 18.3 Å². The summed E-state index contributed by atoms with van der Waals surface area (Å²) in [4.78, 5) is 8.55. The van der Waals surface area contributed by atoms with E-state index in [0.29, 0.717) is 38.9 Å². The van der Waals surface area contributed by atoms with Crippen molar-refractivity contribution in [1.29, 1.82) is 0 Å².